The summed E-state index contributed by atoms with van der Waals surface area (Å²) < 4.78 is 0. The largest absolute Gasteiger partial charge is 0.382 e. The fourth-order valence-electron chi connectivity index (χ4n) is 2.80. The lowest BCUT2D eigenvalue weighted by Gasteiger charge is -2.34. The van der Waals surface area contributed by atoms with E-state index < -0.39 is 0 Å². The molecule has 3 nitrogen and oxygen atoms in total. The topological polar surface area (TPSA) is 18.5 Å². The monoisotopic (exact) mass is 231 g/mol. The summed E-state index contributed by atoms with van der Waals surface area (Å²) in [7, 11) is 2.20. The molecular weight excluding hydrogens is 210 g/mol. The Morgan fingerprint density at radius 1 is 1.18 bits per heavy atom. The van der Waals surface area contributed by atoms with Crippen molar-refractivity contribution >= 4 is 11.4 Å². The molecule has 1 saturated heterocycles. The summed E-state index contributed by atoms with van der Waals surface area (Å²) >= 11 is 0. The van der Waals surface area contributed by atoms with Crippen molar-refractivity contribution in [3.8, 4) is 0 Å². The second kappa shape index (κ2) is 4.22. The Bertz CT molecular complexity index is 408. The molecule has 1 fully saturated rings. The van der Waals surface area contributed by atoms with E-state index in [2.05, 4.69) is 47.3 Å². The van der Waals surface area contributed by atoms with E-state index in [0.717, 1.165) is 19.5 Å². The summed E-state index contributed by atoms with van der Waals surface area (Å²) in [6, 6.07) is 7.46. The second-order valence-corrected chi connectivity index (χ2v) is 5.38. The van der Waals surface area contributed by atoms with E-state index in [-0.39, 0.29) is 0 Å². The maximum atomic E-state index is 3.51. The van der Waals surface area contributed by atoms with Crippen molar-refractivity contribution in [2.75, 3.05) is 43.4 Å². The first-order valence-corrected chi connectivity index (χ1v) is 6.55. The van der Waals surface area contributed by atoms with Crippen molar-refractivity contribution in [2.24, 2.45) is 0 Å². The Labute approximate surface area is 103 Å². The van der Waals surface area contributed by atoms with Crippen LogP contribution in [0.4, 0.5) is 11.4 Å². The molecule has 1 unspecified atom stereocenters. The van der Waals surface area contributed by atoms with Crippen LogP contribution < -0.4 is 10.2 Å². The highest BCUT2D eigenvalue weighted by Gasteiger charge is 2.19. The number of nitrogens with one attached hydrogen (secondary N) is 1. The van der Waals surface area contributed by atoms with Gasteiger partial charge < -0.3 is 15.1 Å². The van der Waals surface area contributed by atoms with E-state index in [9.17, 15) is 0 Å². The highest BCUT2D eigenvalue weighted by atomic mass is 15.2. The van der Waals surface area contributed by atoms with Crippen LogP contribution in [0.3, 0.4) is 0 Å². The normalized spacial score (nSPS) is 24.6. The Kier molecular flexibility index (Phi) is 2.71. The molecule has 1 N–H and O–H groups in total. The lowest BCUT2D eigenvalue weighted by atomic mass is 10.1. The zero-order valence-corrected chi connectivity index (χ0v) is 10.7. The van der Waals surface area contributed by atoms with E-state index in [1.807, 2.05) is 0 Å². The molecule has 92 valence electrons. The van der Waals surface area contributed by atoms with Gasteiger partial charge in [-0.1, -0.05) is 0 Å². The minimum absolute atomic E-state index is 0.590. The molecule has 3 rings (SSSR count). The molecule has 0 amide bonds. The fraction of sp³-hybridized carbons (Fsp3) is 0.571. The minimum Gasteiger partial charge on any atom is -0.382 e. The van der Waals surface area contributed by atoms with Crippen molar-refractivity contribution in [1.82, 2.24) is 4.90 Å². The Balaban J connectivity index is 1.78. The van der Waals surface area contributed by atoms with Crippen molar-refractivity contribution in [1.29, 1.82) is 0 Å². The molecule has 0 aliphatic carbocycles. The second-order valence-electron chi connectivity index (χ2n) is 5.38. The van der Waals surface area contributed by atoms with Crippen molar-refractivity contribution in [2.45, 2.75) is 19.4 Å². The zero-order chi connectivity index (χ0) is 11.8. The first-order valence-electron chi connectivity index (χ1n) is 6.55. The molecule has 3 heteroatoms. The SMILES string of the molecule is CC1Cc2cc(N3CCN(C)CC3)ccc2N1. The molecular formula is C14H21N3. The molecule has 0 aromatic heterocycles. The van der Waals surface area contributed by atoms with E-state index in [0.29, 0.717) is 6.04 Å². The van der Waals surface area contributed by atoms with Crippen LogP contribution in [0.1, 0.15) is 12.5 Å². The van der Waals surface area contributed by atoms with Gasteiger partial charge in [-0.3, -0.25) is 0 Å². The molecule has 17 heavy (non-hydrogen) atoms. The number of fused-ring (bicyclic) bond motifs is 1. The first-order chi connectivity index (χ1) is 8.22. The molecule has 0 bridgehead atoms. The number of rotatable bonds is 1. The molecule has 1 atom stereocenters. The summed E-state index contributed by atoms with van der Waals surface area (Å²) in [5.74, 6) is 0. The number of likely N-dealkylation sites (N-methyl/N-ethyl adjacent to an activating group) is 1. The third-order valence-electron chi connectivity index (χ3n) is 3.89. The maximum absolute atomic E-state index is 3.51. The number of piperazine rings is 1. The highest BCUT2D eigenvalue weighted by molar-refractivity contribution is 5.64. The van der Waals surface area contributed by atoms with Gasteiger partial charge in [0.2, 0.25) is 0 Å². The zero-order valence-electron chi connectivity index (χ0n) is 10.7. The average Bonchev–Trinajstić information content (AvgIpc) is 2.69. The van der Waals surface area contributed by atoms with E-state index in [1.165, 1.54) is 30.0 Å². The fourth-order valence-corrected chi connectivity index (χ4v) is 2.80. The predicted molar refractivity (Wildman–Crippen MR) is 72.9 cm³/mol. The van der Waals surface area contributed by atoms with Crippen LogP contribution in [0.2, 0.25) is 0 Å². The summed E-state index contributed by atoms with van der Waals surface area (Å²) in [6.07, 6.45) is 1.16. The first kappa shape index (κ1) is 10.9. The van der Waals surface area contributed by atoms with E-state index >= 15 is 0 Å². The van der Waals surface area contributed by atoms with Gasteiger partial charge in [-0.15, -0.1) is 0 Å². The van der Waals surface area contributed by atoms with Crippen LogP contribution in [0.25, 0.3) is 0 Å². The van der Waals surface area contributed by atoms with Gasteiger partial charge in [0.25, 0.3) is 0 Å². The van der Waals surface area contributed by atoms with Crippen LogP contribution in [-0.2, 0) is 6.42 Å². The Hall–Kier alpha value is -1.22. The van der Waals surface area contributed by atoms with Crippen LogP contribution >= 0.6 is 0 Å². The lowest BCUT2D eigenvalue weighted by molar-refractivity contribution is 0.313. The molecule has 0 radical (unpaired) electrons. The minimum atomic E-state index is 0.590. The van der Waals surface area contributed by atoms with Gasteiger partial charge in [-0.2, -0.15) is 0 Å². The number of hydrogen-bond donors (Lipinski definition) is 1. The van der Waals surface area contributed by atoms with Gasteiger partial charge in [-0.05, 0) is 44.2 Å². The van der Waals surface area contributed by atoms with Crippen LogP contribution in [-0.4, -0.2) is 44.2 Å². The quantitative estimate of drug-likeness (QED) is 0.795. The van der Waals surface area contributed by atoms with Crippen LogP contribution in [0, 0.1) is 0 Å². The smallest absolute Gasteiger partial charge is 0.0377 e. The summed E-state index contributed by atoms with van der Waals surface area (Å²) in [5.41, 5.74) is 4.21. The summed E-state index contributed by atoms with van der Waals surface area (Å²) in [5, 5.41) is 3.51. The van der Waals surface area contributed by atoms with Gasteiger partial charge >= 0.3 is 0 Å². The highest BCUT2D eigenvalue weighted by Crippen LogP contribution is 2.30. The van der Waals surface area contributed by atoms with Gasteiger partial charge in [0.15, 0.2) is 0 Å². The molecule has 2 aliphatic rings. The molecule has 2 heterocycles. The standard InChI is InChI=1S/C14H21N3/c1-11-9-12-10-13(3-4-14(12)15-11)17-7-5-16(2)6-8-17/h3-4,10-11,15H,5-9H2,1-2H3. The summed E-state index contributed by atoms with van der Waals surface area (Å²) in [4.78, 5) is 4.90. The molecule has 0 spiro atoms. The number of anilines is 2. The van der Waals surface area contributed by atoms with Gasteiger partial charge in [-0.25, -0.2) is 0 Å². The van der Waals surface area contributed by atoms with E-state index in [4.69, 9.17) is 0 Å². The number of benzene rings is 1. The predicted octanol–water partition coefficient (Wildman–Crippen LogP) is 1.79. The van der Waals surface area contributed by atoms with Crippen molar-refractivity contribution < 1.29 is 0 Å². The maximum Gasteiger partial charge on any atom is 0.0377 e. The Morgan fingerprint density at radius 3 is 2.71 bits per heavy atom. The number of nitrogens with zero attached hydrogens (tertiary/aromatic N) is 2. The average molecular weight is 231 g/mol. The van der Waals surface area contributed by atoms with Crippen LogP contribution in [0.5, 0.6) is 0 Å². The number of hydrogen-bond acceptors (Lipinski definition) is 3. The van der Waals surface area contributed by atoms with E-state index in [1.54, 1.807) is 0 Å². The molecule has 1 aromatic carbocycles. The van der Waals surface area contributed by atoms with Gasteiger partial charge in [0, 0.05) is 43.6 Å². The Morgan fingerprint density at radius 2 is 1.94 bits per heavy atom. The van der Waals surface area contributed by atoms with Gasteiger partial charge in [0.05, 0.1) is 0 Å². The van der Waals surface area contributed by atoms with Crippen molar-refractivity contribution in [3.63, 3.8) is 0 Å². The molecule has 0 saturated carbocycles. The third-order valence-corrected chi connectivity index (χ3v) is 3.89. The van der Waals surface area contributed by atoms with Gasteiger partial charge in [0.1, 0.15) is 0 Å². The molecule has 2 aliphatic heterocycles. The van der Waals surface area contributed by atoms with Crippen molar-refractivity contribution in [3.05, 3.63) is 23.8 Å². The van der Waals surface area contributed by atoms with Crippen LogP contribution in [0.15, 0.2) is 18.2 Å². The summed E-state index contributed by atoms with van der Waals surface area (Å²) in [6.45, 7) is 6.89. The lowest BCUT2D eigenvalue weighted by Crippen LogP contribution is -2.44. The third kappa shape index (κ3) is 2.12. The molecule has 1 aromatic rings.